The summed E-state index contributed by atoms with van der Waals surface area (Å²) in [5.74, 6) is 0.268. The van der Waals surface area contributed by atoms with E-state index in [1.54, 1.807) is 12.1 Å². The number of nitrogens with zero attached hydrogens (tertiary/aromatic N) is 3. The van der Waals surface area contributed by atoms with Gasteiger partial charge in [0, 0.05) is 19.2 Å². The molecule has 1 amide bonds. The SMILES string of the molecule is CC(=O)Nc1ncnc(NC(C)CCc2ccccc2S(C)(=O)=O)n1. The van der Waals surface area contributed by atoms with Crippen molar-refractivity contribution in [1.82, 2.24) is 15.0 Å². The molecule has 1 heterocycles. The number of hydrogen-bond donors (Lipinski definition) is 2. The maximum Gasteiger partial charge on any atom is 0.234 e. The topological polar surface area (TPSA) is 114 Å². The molecule has 0 saturated heterocycles. The molecule has 0 spiro atoms. The molecule has 2 N–H and O–H groups in total. The molecule has 0 aliphatic heterocycles. The standard InChI is InChI=1S/C16H21N5O3S/c1-11(19-15-17-10-18-16(21-15)20-12(2)22)8-9-13-6-4-5-7-14(13)25(3,23)24/h4-7,10-11H,8-9H2,1-3H3,(H2,17,18,19,20,21,22). The summed E-state index contributed by atoms with van der Waals surface area (Å²) in [5, 5.41) is 5.61. The molecule has 134 valence electrons. The van der Waals surface area contributed by atoms with Gasteiger partial charge in [-0.2, -0.15) is 4.98 Å². The molecule has 1 aromatic heterocycles. The fraction of sp³-hybridized carbons (Fsp3) is 0.375. The summed E-state index contributed by atoms with van der Waals surface area (Å²) in [6.07, 6.45) is 3.81. The van der Waals surface area contributed by atoms with Crippen molar-refractivity contribution in [2.75, 3.05) is 16.9 Å². The van der Waals surface area contributed by atoms with Gasteiger partial charge in [-0.15, -0.1) is 0 Å². The second-order valence-corrected chi connectivity index (χ2v) is 7.76. The van der Waals surface area contributed by atoms with E-state index in [2.05, 4.69) is 25.6 Å². The van der Waals surface area contributed by atoms with Crippen LogP contribution in [0.3, 0.4) is 0 Å². The van der Waals surface area contributed by atoms with Crippen molar-refractivity contribution in [3.05, 3.63) is 36.2 Å². The number of aryl methyl sites for hydroxylation is 1. The maximum atomic E-state index is 11.8. The molecular weight excluding hydrogens is 342 g/mol. The minimum atomic E-state index is -3.25. The number of nitrogens with one attached hydrogen (secondary N) is 2. The molecule has 1 atom stereocenters. The van der Waals surface area contributed by atoms with E-state index in [0.29, 0.717) is 23.7 Å². The monoisotopic (exact) mass is 363 g/mol. The highest BCUT2D eigenvalue weighted by Crippen LogP contribution is 2.18. The second-order valence-electron chi connectivity index (χ2n) is 5.78. The van der Waals surface area contributed by atoms with Gasteiger partial charge in [0.15, 0.2) is 9.84 Å². The van der Waals surface area contributed by atoms with E-state index in [0.717, 1.165) is 5.56 Å². The summed E-state index contributed by atoms with van der Waals surface area (Å²) in [7, 11) is -3.25. The number of carbonyl (C=O) groups excluding carboxylic acids is 1. The number of benzene rings is 1. The highest BCUT2D eigenvalue weighted by Gasteiger charge is 2.14. The molecular formula is C16H21N5O3S. The fourth-order valence-corrected chi connectivity index (χ4v) is 3.29. The average molecular weight is 363 g/mol. The Hall–Kier alpha value is -2.55. The van der Waals surface area contributed by atoms with Crippen molar-refractivity contribution in [2.24, 2.45) is 0 Å². The van der Waals surface area contributed by atoms with Crippen molar-refractivity contribution in [3.8, 4) is 0 Å². The quantitative estimate of drug-likeness (QED) is 0.769. The molecule has 25 heavy (non-hydrogen) atoms. The summed E-state index contributed by atoms with van der Waals surface area (Å²) in [4.78, 5) is 23.4. The lowest BCUT2D eigenvalue weighted by atomic mass is 10.1. The minimum absolute atomic E-state index is 0.000180. The van der Waals surface area contributed by atoms with Crippen LogP contribution in [0.1, 0.15) is 25.8 Å². The minimum Gasteiger partial charge on any atom is -0.352 e. The molecule has 0 bridgehead atoms. The number of anilines is 2. The Morgan fingerprint density at radius 2 is 1.88 bits per heavy atom. The Labute approximate surface area is 147 Å². The largest absolute Gasteiger partial charge is 0.352 e. The maximum absolute atomic E-state index is 11.8. The van der Waals surface area contributed by atoms with Gasteiger partial charge in [0.25, 0.3) is 0 Å². The number of carbonyl (C=O) groups is 1. The molecule has 9 heteroatoms. The molecule has 0 saturated carbocycles. The zero-order valence-electron chi connectivity index (χ0n) is 14.4. The lowest BCUT2D eigenvalue weighted by Gasteiger charge is -2.15. The van der Waals surface area contributed by atoms with E-state index < -0.39 is 9.84 Å². The van der Waals surface area contributed by atoms with E-state index >= 15 is 0 Å². The first-order chi connectivity index (χ1) is 11.8. The predicted octanol–water partition coefficient (Wildman–Crippen LogP) is 1.67. The first kappa shape index (κ1) is 18.8. The van der Waals surface area contributed by atoms with Crippen LogP contribution < -0.4 is 10.6 Å². The highest BCUT2D eigenvalue weighted by atomic mass is 32.2. The third-order valence-electron chi connectivity index (χ3n) is 3.45. The first-order valence-corrected chi connectivity index (χ1v) is 9.66. The molecule has 0 aliphatic rings. The summed E-state index contributed by atoms with van der Waals surface area (Å²) in [6.45, 7) is 3.32. The zero-order valence-corrected chi connectivity index (χ0v) is 15.2. The molecule has 0 radical (unpaired) electrons. The van der Waals surface area contributed by atoms with E-state index in [4.69, 9.17) is 0 Å². The normalized spacial score (nSPS) is 12.4. The van der Waals surface area contributed by atoms with Crippen molar-refractivity contribution >= 4 is 27.6 Å². The summed E-state index contributed by atoms with van der Waals surface area (Å²) >= 11 is 0. The van der Waals surface area contributed by atoms with Gasteiger partial charge in [0.1, 0.15) is 6.33 Å². The Morgan fingerprint density at radius 1 is 1.20 bits per heavy atom. The summed E-state index contributed by atoms with van der Waals surface area (Å²) in [6, 6.07) is 6.99. The van der Waals surface area contributed by atoms with Crippen LogP contribution in [0, 0.1) is 0 Å². The number of sulfone groups is 1. The van der Waals surface area contributed by atoms with Gasteiger partial charge in [-0.05, 0) is 31.4 Å². The zero-order chi connectivity index (χ0) is 18.4. The Bertz CT molecular complexity index is 854. The van der Waals surface area contributed by atoms with Crippen LogP contribution in [0.5, 0.6) is 0 Å². The smallest absolute Gasteiger partial charge is 0.234 e. The second kappa shape index (κ2) is 8.02. The molecule has 1 unspecified atom stereocenters. The molecule has 2 rings (SSSR count). The van der Waals surface area contributed by atoms with Crippen molar-refractivity contribution in [3.63, 3.8) is 0 Å². The Balaban J connectivity index is 2.00. The van der Waals surface area contributed by atoms with Crippen molar-refractivity contribution in [1.29, 1.82) is 0 Å². The molecule has 2 aromatic rings. The third kappa shape index (κ3) is 5.79. The van der Waals surface area contributed by atoms with Gasteiger partial charge in [-0.1, -0.05) is 18.2 Å². The van der Waals surface area contributed by atoms with Gasteiger partial charge in [-0.25, -0.2) is 18.4 Å². The van der Waals surface area contributed by atoms with Gasteiger partial charge < -0.3 is 5.32 Å². The van der Waals surface area contributed by atoms with E-state index in [-0.39, 0.29) is 17.9 Å². The fourth-order valence-electron chi connectivity index (χ4n) is 2.32. The van der Waals surface area contributed by atoms with Gasteiger partial charge in [0.2, 0.25) is 17.8 Å². The Kier molecular flexibility index (Phi) is 6.02. The van der Waals surface area contributed by atoms with E-state index in [1.165, 1.54) is 19.5 Å². The van der Waals surface area contributed by atoms with Crippen LogP contribution in [-0.4, -0.2) is 41.6 Å². The van der Waals surface area contributed by atoms with E-state index in [1.807, 2.05) is 19.1 Å². The van der Waals surface area contributed by atoms with Gasteiger partial charge in [-0.3, -0.25) is 10.1 Å². The molecule has 0 fully saturated rings. The number of amides is 1. The molecule has 0 aliphatic carbocycles. The van der Waals surface area contributed by atoms with Gasteiger partial charge >= 0.3 is 0 Å². The van der Waals surface area contributed by atoms with Crippen LogP contribution in [0.4, 0.5) is 11.9 Å². The molecule has 1 aromatic carbocycles. The van der Waals surface area contributed by atoms with Crippen LogP contribution in [0.25, 0.3) is 0 Å². The van der Waals surface area contributed by atoms with E-state index in [9.17, 15) is 13.2 Å². The van der Waals surface area contributed by atoms with Crippen LogP contribution in [0.2, 0.25) is 0 Å². The van der Waals surface area contributed by atoms with Crippen molar-refractivity contribution in [2.45, 2.75) is 37.6 Å². The van der Waals surface area contributed by atoms with Crippen LogP contribution in [0.15, 0.2) is 35.5 Å². The number of rotatable bonds is 7. The van der Waals surface area contributed by atoms with Crippen LogP contribution in [-0.2, 0) is 21.1 Å². The lowest BCUT2D eigenvalue weighted by Crippen LogP contribution is -2.19. The van der Waals surface area contributed by atoms with Crippen LogP contribution >= 0.6 is 0 Å². The average Bonchev–Trinajstić information content (AvgIpc) is 2.52. The molecule has 8 nitrogen and oxygen atoms in total. The first-order valence-electron chi connectivity index (χ1n) is 7.77. The van der Waals surface area contributed by atoms with Crippen molar-refractivity contribution < 1.29 is 13.2 Å². The number of hydrogen-bond acceptors (Lipinski definition) is 7. The highest BCUT2D eigenvalue weighted by molar-refractivity contribution is 7.90. The summed E-state index contributed by atoms with van der Waals surface area (Å²) in [5.41, 5.74) is 0.785. The van der Waals surface area contributed by atoms with Gasteiger partial charge in [0.05, 0.1) is 4.90 Å². The lowest BCUT2D eigenvalue weighted by molar-refractivity contribution is -0.114. The predicted molar refractivity (Wildman–Crippen MR) is 95.1 cm³/mol. The number of aromatic nitrogens is 3. The Morgan fingerprint density at radius 3 is 2.56 bits per heavy atom. The third-order valence-corrected chi connectivity index (χ3v) is 4.65. The summed E-state index contributed by atoms with van der Waals surface area (Å²) < 4.78 is 23.7.